The normalized spacial score (nSPS) is 11.7. The fraction of sp³-hybridized carbons (Fsp3) is 0.818. The number of nitrogens with one attached hydrogen (secondary N) is 2. The minimum absolute atomic E-state index is 0.0592. The van der Waals surface area contributed by atoms with Crippen LogP contribution in [0.5, 0.6) is 0 Å². The molecule has 0 aliphatic heterocycles. The molecule has 11 heteroatoms. The molecule has 8 nitrogen and oxygen atoms in total. The SMILES string of the molecule is CN.CNCCSC(C=O)C(C=O)SCCNC(=O)CCOCCC(C)=O.[B]CCCCC. The van der Waals surface area contributed by atoms with Gasteiger partial charge in [0.15, 0.2) is 0 Å². The van der Waals surface area contributed by atoms with Gasteiger partial charge in [-0.2, -0.15) is 0 Å². The molecule has 0 bridgehead atoms. The highest BCUT2D eigenvalue weighted by atomic mass is 32.2. The van der Waals surface area contributed by atoms with Gasteiger partial charge in [0, 0.05) is 37.4 Å². The second-order valence-corrected chi connectivity index (χ2v) is 9.28. The number of unbranched alkanes of at least 4 members (excludes halogenated alkanes) is 2. The lowest BCUT2D eigenvalue weighted by molar-refractivity contribution is -0.122. The summed E-state index contributed by atoms with van der Waals surface area (Å²) in [6.07, 6.45) is 6.80. The average molecular weight is 506 g/mol. The Morgan fingerprint density at radius 2 is 1.55 bits per heavy atom. The minimum atomic E-state index is -0.411. The summed E-state index contributed by atoms with van der Waals surface area (Å²) < 4.78 is 5.19. The lowest BCUT2D eigenvalue weighted by atomic mass is 10.00. The van der Waals surface area contributed by atoms with Crippen LogP contribution in [0.4, 0.5) is 0 Å². The minimum Gasteiger partial charge on any atom is -0.380 e. The second kappa shape index (κ2) is 31.1. The number of carbonyl (C=O) groups excluding carboxylic acids is 4. The first-order valence-corrected chi connectivity index (χ1v) is 13.5. The summed E-state index contributed by atoms with van der Waals surface area (Å²) in [5.74, 6) is 1.23. The van der Waals surface area contributed by atoms with E-state index in [1.54, 1.807) is 0 Å². The first kappa shape index (κ1) is 36.7. The van der Waals surface area contributed by atoms with Crippen molar-refractivity contribution in [3.05, 3.63) is 0 Å². The van der Waals surface area contributed by atoms with Crippen molar-refractivity contribution < 1.29 is 23.9 Å². The van der Waals surface area contributed by atoms with E-state index >= 15 is 0 Å². The lowest BCUT2D eigenvalue weighted by Gasteiger charge is -2.17. The smallest absolute Gasteiger partial charge is 0.222 e. The highest BCUT2D eigenvalue weighted by molar-refractivity contribution is 8.04. The van der Waals surface area contributed by atoms with E-state index in [9.17, 15) is 19.2 Å². The van der Waals surface area contributed by atoms with Gasteiger partial charge in [-0.3, -0.25) is 9.59 Å². The molecular weight excluding hydrogens is 461 g/mol. The van der Waals surface area contributed by atoms with Gasteiger partial charge in [0.25, 0.3) is 0 Å². The van der Waals surface area contributed by atoms with Crippen molar-refractivity contribution >= 4 is 55.6 Å². The topological polar surface area (TPSA) is 128 Å². The van der Waals surface area contributed by atoms with Crippen molar-refractivity contribution in [2.24, 2.45) is 5.73 Å². The number of rotatable bonds is 20. The van der Waals surface area contributed by atoms with Crippen LogP contribution in [0.3, 0.4) is 0 Å². The number of hydrogen-bond donors (Lipinski definition) is 3. The van der Waals surface area contributed by atoms with E-state index in [1.807, 2.05) is 7.05 Å². The molecule has 2 radical (unpaired) electrons. The van der Waals surface area contributed by atoms with Crippen LogP contribution in [-0.4, -0.2) is 94.5 Å². The van der Waals surface area contributed by atoms with Crippen molar-refractivity contribution in [1.82, 2.24) is 10.6 Å². The van der Waals surface area contributed by atoms with Gasteiger partial charge >= 0.3 is 0 Å². The maximum absolute atomic E-state index is 11.6. The molecule has 0 aromatic carbocycles. The molecule has 0 saturated heterocycles. The number of ether oxygens (including phenoxy) is 1. The Kier molecular flexibility index (Phi) is 34.6. The van der Waals surface area contributed by atoms with Crippen LogP contribution in [-0.2, 0) is 23.9 Å². The Balaban J connectivity index is -0.000000965. The Labute approximate surface area is 210 Å². The van der Waals surface area contributed by atoms with Crippen LogP contribution in [0.2, 0.25) is 6.32 Å². The molecule has 33 heavy (non-hydrogen) atoms. The summed E-state index contributed by atoms with van der Waals surface area (Å²) in [4.78, 5) is 44.7. The third-order valence-electron chi connectivity index (χ3n) is 3.87. The fourth-order valence-corrected chi connectivity index (χ4v) is 4.29. The Morgan fingerprint density at radius 1 is 1.00 bits per heavy atom. The Morgan fingerprint density at radius 3 is 1.97 bits per heavy atom. The number of thioether (sulfide) groups is 2. The van der Waals surface area contributed by atoms with Gasteiger partial charge in [-0.05, 0) is 21.0 Å². The number of amides is 1. The Hall–Kier alpha value is -0.875. The molecule has 0 aliphatic carbocycles. The largest absolute Gasteiger partial charge is 0.380 e. The van der Waals surface area contributed by atoms with Crippen molar-refractivity contribution in [3.8, 4) is 0 Å². The molecule has 0 saturated carbocycles. The molecule has 192 valence electrons. The van der Waals surface area contributed by atoms with E-state index in [0.29, 0.717) is 25.3 Å². The zero-order chi connectivity index (χ0) is 25.7. The van der Waals surface area contributed by atoms with E-state index in [1.165, 1.54) is 56.8 Å². The first-order valence-electron chi connectivity index (χ1n) is 11.4. The van der Waals surface area contributed by atoms with Crippen molar-refractivity contribution in [3.63, 3.8) is 0 Å². The number of nitrogens with two attached hydrogens (primary N) is 1. The van der Waals surface area contributed by atoms with E-state index < -0.39 is 5.25 Å². The predicted octanol–water partition coefficient (Wildman–Crippen LogP) is 1.65. The molecule has 0 spiro atoms. The number of hydrogen-bond acceptors (Lipinski definition) is 9. The quantitative estimate of drug-likeness (QED) is 0.129. The van der Waals surface area contributed by atoms with E-state index in [-0.39, 0.29) is 30.0 Å². The summed E-state index contributed by atoms with van der Waals surface area (Å²) in [6, 6.07) is 0. The molecule has 0 fully saturated rings. The molecule has 0 aromatic rings. The van der Waals surface area contributed by atoms with Crippen molar-refractivity contribution in [2.75, 3.05) is 51.9 Å². The number of aldehydes is 2. The van der Waals surface area contributed by atoms with Gasteiger partial charge in [0.2, 0.25) is 5.91 Å². The molecule has 2 atom stereocenters. The van der Waals surface area contributed by atoms with Gasteiger partial charge < -0.3 is 30.7 Å². The zero-order valence-electron chi connectivity index (χ0n) is 20.8. The average Bonchev–Trinajstić information content (AvgIpc) is 2.82. The molecule has 0 heterocycles. The number of carbonyl (C=O) groups is 4. The van der Waals surface area contributed by atoms with Gasteiger partial charge in [0.1, 0.15) is 18.4 Å². The van der Waals surface area contributed by atoms with Gasteiger partial charge in [0.05, 0.1) is 31.6 Å². The van der Waals surface area contributed by atoms with Crippen molar-refractivity contribution in [1.29, 1.82) is 0 Å². The summed E-state index contributed by atoms with van der Waals surface area (Å²) in [6.45, 7) is 5.48. The lowest BCUT2D eigenvalue weighted by Crippen LogP contribution is -2.29. The molecular formula is C22H44BN3O5S2. The highest BCUT2D eigenvalue weighted by Gasteiger charge is 2.21. The zero-order valence-corrected chi connectivity index (χ0v) is 22.4. The van der Waals surface area contributed by atoms with Gasteiger partial charge in [-0.25, -0.2) is 0 Å². The van der Waals surface area contributed by atoms with Crippen molar-refractivity contribution in [2.45, 2.75) is 62.8 Å². The fourth-order valence-electron chi connectivity index (χ4n) is 2.07. The van der Waals surface area contributed by atoms with Crippen LogP contribution in [0.15, 0.2) is 0 Å². The van der Waals surface area contributed by atoms with Crippen LogP contribution in [0.25, 0.3) is 0 Å². The van der Waals surface area contributed by atoms with E-state index in [2.05, 4.69) is 23.3 Å². The van der Waals surface area contributed by atoms with Crippen LogP contribution in [0.1, 0.15) is 46.0 Å². The molecule has 1 amide bonds. The predicted molar refractivity (Wildman–Crippen MR) is 142 cm³/mol. The van der Waals surface area contributed by atoms with Crippen LogP contribution in [0, 0.1) is 0 Å². The van der Waals surface area contributed by atoms with E-state index in [4.69, 9.17) is 12.6 Å². The molecule has 4 N–H and O–H groups in total. The summed E-state index contributed by atoms with van der Waals surface area (Å²) in [5.41, 5.74) is 4.50. The summed E-state index contributed by atoms with van der Waals surface area (Å²) >= 11 is 2.82. The highest BCUT2D eigenvalue weighted by Crippen LogP contribution is 2.21. The monoisotopic (exact) mass is 505 g/mol. The van der Waals surface area contributed by atoms with Gasteiger partial charge in [-0.15, -0.1) is 23.5 Å². The van der Waals surface area contributed by atoms with E-state index in [0.717, 1.165) is 31.2 Å². The Bertz CT molecular complexity index is 473. The van der Waals surface area contributed by atoms with Crippen LogP contribution >= 0.6 is 23.5 Å². The third-order valence-corrected chi connectivity index (χ3v) is 6.50. The van der Waals surface area contributed by atoms with Crippen LogP contribution < -0.4 is 16.4 Å². The molecule has 2 unspecified atom stereocenters. The third kappa shape index (κ3) is 29.1. The molecule has 0 rings (SSSR count). The first-order chi connectivity index (χ1) is 16.0. The standard InChI is InChI=1S/C16H28N2O5S2.C5H11B.CH5N/c1-13(21)3-7-23-8-4-16(22)18-6-10-25-15(12-20)14(11-19)24-9-5-17-2;1-2-3-4-5-6;1-2/h11-12,14-15,17H,3-10H2,1-2H3,(H,18,22);2-5H2,1H3;2H2,1H3. The maximum Gasteiger partial charge on any atom is 0.222 e. The number of Topliss-reactive ketones (excluding diaryl/α,β-unsaturated/α-hetero) is 1. The molecule has 0 aliphatic rings. The number of ketones is 1. The van der Waals surface area contributed by atoms with Gasteiger partial charge in [-0.1, -0.05) is 32.5 Å². The molecule has 0 aromatic heterocycles. The second-order valence-electron chi connectivity index (χ2n) is 6.71. The summed E-state index contributed by atoms with van der Waals surface area (Å²) in [7, 11) is 8.55. The summed E-state index contributed by atoms with van der Waals surface area (Å²) in [5, 5.41) is 4.95. The maximum atomic E-state index is 11.6.